The zero-order valence-electron chi connectivity index (χ0n) is 16.9. The standard InChI is InChI=1S/C26H18N4O2/c27-19-7-3-4-8-20(19)29-22-14-23(17-9-10-21-25(13-17)32-26(28)30-21)31-24-12-16-6-2-1-5-15(16)11-18(22)24/h1-14H,27H2,(H2,28,30). The number of benzene rings is 4. The van der Waals surface area contributed by atoms with Crippen LogP contribution in [0.25, 0.3) is 44.2 Å². The molecule has 2 heterocycles. The Morgan fingerprint density at radius 3 is 2.34 bits per heavy atom. The predicted octanol–water partition coefficient (Wildman–Crippen LogP) is 5.79. The average molecular weight is 418 g/mol. The first-order valence-electron chi connectivity index (χ1n) is 10.2. The van der Waals surface area contributed by atoms with Gasteiger partial charge < -0.3 is 20.3 Å². The molecule has 6 aromatic rings. The van der Waals surface area contributed by atoms with Crippen LogP contribution >= 0.6 is 0 Å². The van der Waals surface area contributed by atoms with Gasteiger partial charge >= 0.3 is 0 Å². The third-order valence-corrected chi connectivity index (χ3v) is 5.48. The first-order chi connectivity index (χ1) is 15.6. The minimum atomic E-state index is 0.134. The fraction of sp³-hybridized carbons (Fsp3) is 0. The Morgan fingerprint density at radius 1 is 0.719 bits per heavy atom. The fourth-order valence-corrected chi connectivity index (χ4v) is 3.90. The summed E-state index contributed by atoms with van der Waals surface area (Å²) in [6.07, 6.45) is 0. The summed E-state index contributed by atoms with van der Waals surface area (Å²) in [5.41, 5.74) is 16.0. The van der Waals surface area contributed by atoms with Crippen LogP contribution in [0.15, 0.2) is 98.8 Å². The maximum atomic E-state index is 6.34. The Bertz CT molecular complexity index is 1710. The highest BCUT2D eigenvalue weighted by atomic mass is 16.4. The van der Waals surface area contributed by atoms with Crippen molar-refractivity contribution in [2.24, 2.45) is 4.99 Å². The maximum absolute atomic E-state index is 6.34. The SMILES string of the molecule is Nc1nc2ccc(-c3cc(=Nc4ccccc4N)c4cc5ccccc5cc4o3)cc2o1. The molecule has 0 spiro atoms. The van der Waals surface area contributed by atoms with Crippen LogP contribution in [0.4, 0.5) is 17.4 Å². The van der Waals surface area contributed by atoms with Crippen molar-refractivity contribution in [1.82, 2.24) is 4.98 Å². The van der Waals surface area contributed by atoms with E-state index in [9.17, 15) is 0 Å². The molecule has 0 bridgehead atoms. The molecule has 4 N–H and O–H groups in total. The van der Waals surface area contributed by atoms with Gasteiger partial charge in [-0.2, -0.15) is 4.98 Å². The van der Waals surface area contributed by atoms with Gasteiger partial charge in [-0.1, -0.05) is 36.4 Å². The Kier molecular flexibility index (Phi) is 3.98. The summed E-state index contributed by atoms with van der Waals surface area (Å²) in [6, 6.07) is 27.5. The van der Waals surface area contributed by atoms with E-state index in [1.165, 1.54) is 0 Å². The number of nitrogens with two attached hydrogens (primary N) is 2. The Balaban J connectivity index is 1.67. The number of para-hydroxylation sites is 2. The Labute approximate surface area is 182 Å². The molecule has 0 aliphatic heterocycles. The normalized spacial score (nSPS) is 12.2. The van der Waals surface area contributed by atoms with Crippen LogP contribution in [0, 0.1) is 0 Å². The van der Waals surface area contributed by atoms with Gasteiger partial charge in [-0.25, -0.2) is 4.99 Å². The van der Waals surface area contributed by atoms with E-state index in [0.717, 1.165) is 32.7 Å². The highest BCUT2D eigenvalue weighted by Gasteiger charge is 2.11. The van der Waals surface area contributed by atoms with Crippen molar-refractivity contribution in [1.29, 1.82) is 0 Å². The average Bonchev–Trinajstić information content (AvgIpc) is 3.18. The quantitative estimate of drug-likeness (QED) is 0.274. The van der Waals surface area contributed by atoms with Crippen LogP contribution in [0.5, 0.6) is 0 Å². The van der Waals surface area contributed by atoms with E-state index in [0.29, 0.717) is 28.2 Å². The summed E-state index contributed by atoms with van der Waals surface area (Å²) in [4.78, 5) is 9.05. The topological polar surface area (TPSA) is 104 Å². The van der Waals surface area contributed by atoms with Crippen LogP contribution in [0.3, 0.4) is 0 Å². The van der Waals surface area contributed by atoms with Crippen molar-refractivity contribution in [3.63, 3.8) is 0 Å². The van der Waals surface area contributed by atoms with Gasteiger partial charge in [0.25, 0.3) is 6.01 Å². The summed E-state index contributed by atoms with van der Waals surface area (Å²) < 4.78 is 11.8. The van der Waals surface area contributed by atoms with Gasteiger partial charge in [0.1, 0.15) is 16.9 Å². The molecule has 0 saturated heterocycles. The number of hydrogen-bond acceptors (Lipinski definition) is 6. The van der Waals surface area contributed by atoms with Crippen molar-refractivity contribution in [3.05, 3.63) is 90.3 Å². The molecule has 6 rings (SSSR count). The molecular formula is C26H18N4O2. The molecule has 0 aliphatic rings. The molecule has 0 atom stereocenters. The highest BCUT2D eigenvalue weighted by Crippen LogP contribution is 2.29. The van der Waals surface area contributed by atoms with Gasteiger partial charge in [0.15, 0.2) is 5.58 Å². The first kappa shape index (κ1) is 18.2. The van der Waals surface area contributed by atoms with Gasteiger partial charge in [-0.05, 0) is 53.2 Å². The second kappa shape index (κ2) is 6.99. The molecule has 2 aromatic heterocycles. The molecular weight excluding hydrogens is 400 g/mol. The minimum Gasteiger partial charge on any atom is -0.456 e. The monoisotopic (exact) mass is 418 g/mol. The van der Waals surface area contributed by atoms with Crippen molar-refractivity contribution in [2.75, 3.05) is 11.5 Å². The number of aromatic nitrogens is 1. The van der Waals surface area contributed by atoms with Gasteiger partial charge in [-0.3, -0.25) is 0 Å². The molecule has 4 aromatic carbocycles. The van der Waals surface area contributed by atoms with Gasteiger partial charge in [0, 0.05) is 17.0 Å². The van der Waals surface area contributed by atoms with Gasteiger partial charge in [-0.15, -0.1) is 0 Å². The molecule has 0 fully saturated rings. The highest BCUT2D eigenvalue weighted by molar-refractivity contribution is 5.96. The number of anilines is 2. The van der Waals surface area contributed by atoms with Crippen molar-refractivity contribution in [2.45, 2.75) is 0 Å². The largest absolute Gasteiger partial charge is 0.456 e. The zero-order valence-corrected chi connectivity index (χ0v) is 16.9. The predicted molar refractivity (Wildman–Crippen MR) is 127 cm³/mol. The van der Waals surface area contributed by atoms with Crippen LogP contribution in [0.2, 0.25) is 0 Å². The minimum absolute atomic E-state index is 0.134. The van der Waals surface area contributed by atoms with Crippen molar-refractivity contribution >= 4 is 50.2 Å². The molecule has 154 valence electrons. The summed E-state index contributed by atoms with van der Waals surface area (Å²) >= 11 is 0. The lowest BCUT2D eigenvalue weighted by atomic mass is 10.1. The van der Waals surface area contributed by atoms with Crippen molar-refractivity contribution < 1.29 is 8.83 Å². The van der Waals surface area contributed by atoms with E-state index in [2.05, 4.69) is 23.2 Å². The smallest absolute Gasteiger partial charge is 0.292 e. The van der Waals surface area contributed by atoms with E-state index in [1.807, 2.05) is 66.7 Å². The van der Waals surface area contributed by atoms with E-state index in [-0.39, 0.29) is 6.01 Å². The lowest BCUT2D eigenvalue weighted by Crippen LogP contribution is -2.04. The second-order valence-corrected chi connectivity index (χ2v) is 7.60. The number of oxazole rings is 1. The fourth-order valence-electron chi connectivity index (χ4n) is 3.90. The van der Waals surface area contributed by atoms with E-state index in [1.54, 1.807) is 0 Å². The third-order valence-electron chi connectivity index (χ3n) is 5.48. The van der Waals surface area contributed by atoms with Crippen LogP contribution < -0.4 is 16.8 Å². The number of nitrogens with zero attached hydrogens (tertiary/aromatic N) is 2. The van der Waals surface area contributed by atoms with Crippen LogP contribution in [-0.4, -0.2) is 4.98 Å². The van der Waals surface area contributed by atoms with E-state index in [4.69, 9.17) is 25.3 Å². The molecule has 0 amide bonds. The summed E-state index contributed by atoms with van der Waals surface area (Å²) in [6.45, 7) is 0. The molecule has 6 nitrogen and oxygen atoms in total. The molecule has 32 heavy (non-hydrogen) atoms. The summed E-state index contributed by atoms with van der Waals surface area (Å²) in [7, 11) is 0. The van der Waals surface area contributed by atoms with E-state index < -0.39 is 0 Å². The second-order valence-electron chi connectivity index (χ2n) is 7.60. The Morgan fingerprint density at radius 2 is 1.50 bits per heavy atom. The number of rotatable bonds is 2. The van der Waals surface area contributed by atoms with Crippen LogP contribution in [0.1, 0.15) is 0 Å². The zero-order chi connectivity index (χ0) is 21.7. The summed E-state index contributed by atoms with van der Waals surface area (Å²) in [5, 5.41) is 3.87. The molecule has 0 radical (unpaired) electrons. The third kappa shape index (κ3) is 3.06. The Hall–Kier alpha value is -4.58. The first-order valence-corrected chi connectivity index (χ1v) is 10.2. The number of hydrogen-bond donors (Lipinski definition) is 2. The maximum Gasteiger partial charge on any atom is 0.292 e. The number of fused-ring (bicyclic) bond motifs is 3. The summed E-state index contributed by atoms with van der Waals surface area (Å²) in [5.74, 6) is 0.651. The lowest BCUT2D eigenvalue weighted by Gasteiger charge is -2.07. The lowest BCUT2D eigenvalue weighted by molar-refractivity contribution is 0.615. The van der Waals surface area contributed by atoms with Gasteiger partial charge in [0.2, 0.25) is 0 Å². The van der Waals surface area contributed by atoms with Crippen molar-refractivity contribution in [3.8, 4) is 11.3 Å². The molecule has 0 unspecified atom stereocenters. The molecule has 0 aliphatic carbocycles. The van der Waals surface area contributed by atoms with E-state index >= 15 is 0 Å². The van der Waals surface area contributed by atoms with Gasteiger partial charge in [0.05, 0.1) is 16.7 Å². The molecule has 6 heteroatoms. The molecule has 0 saturated carbocycles. The number of nitrogen functional groups attached to an aromatic ring is 2. The van der Waals surface area contributed by atoms with Crippen LogP contribution in [-0.2, 0) is 0 Å².